The Morgan fingerprint density at radius 3 is 2.52 bits per heavy atom. The van der Waals surface area contributed by atoms with Gasteiger partial charge in [0.2, 0.25) is 0 Å². The Kier molecular flexibility index (Phi) is 5.99. The topological polar surface area (TPSA) is 88.2 Å². The number of thioether (sulfide) groups is 1. The third-order valence-corrected chi connectivity index (χ3v) is 7.93. The second-order valence-corrected chi connectivity index (χ2v) is 10.6. The summed E-state index contributed by atoms with van der Waals surface area (Å²) in [6.45, 7) is 1.88. The quantitative estimate of drug-likeness (QED) is 0.370. The summed E-state index contributed by atoms with van der Waals surface area (Å²) in [7, 11) is -3.83. The second-order valence-electron chi connectivity index (χ2n) is 6.78. The van der Waals surface area contributed by atoms with Crippen molar-refractivity contribution in [1.82, 2.24) is 4.98 Å². The van der Waals surface area contributed by atoms with Crippen molar-refractivity contribution in [2.24, 2.45) is 0 Å². The van der Waals surface area contributed by atoms with Crippen LogP contribution in [0.1, 0.15) is 15.9 Å². The maximum atomic E-state index is 12.9. The van der Waals surface area contributed by atoms with Crippen molar-refractivity contribution in [3.8, 4) is 0 Å². The number of carbonyl (C=O) groups excluding carboxylic acids is 1. The zero-order valence-corrected chi connectivity index (χ0v) is 19.2. The van der Waals surface area contributed by atoms with Gasteiger partial charge in [0.15, 0.2) is 4.34 Å². The van der Waals surface area contributed by atoms with Crippen molar-refractivity contribution in [3.05, 3.63) is 77.9 Å². The molecule has 31 heavy (non-hydrogen) atoms. The Bertz CT molecular complexity index is 1360. The van der Waals surface area contributed by atoms with Crippen molar-refractivity contribution in [3.63, 3.8) is 0 Å². The molecule has 158 valence electrons. The summed E-state index contributed by atoms with van der Waals surface area (Å²) in [5.74, 6) is -0.406. The first-order valence-corrected chi connectivity index (χ1v) is 12.8. The largest absolute Gasteiger partial charge is 0.322 e. The molecule has 0 saturated carbocycles. The minimum atomic E-state index is -3.83. The average Bonchev–Trinajstić information content (AvgIpc) is 3.16. The van der Waals surface area contributed by atoms with E-state index >= 15 is 0 Å². The van der Waals surface area contributed by atoms with E-state index in [1.165, 1.54) is 12.1 Å². The zero-order valence-electron chi connectivity index (χ0n) is 16.7. The number of nitrogens with one attached hydrogen (secondary N) is 2. The van der Waals surface area contributed by atoms with Crippen molar-refractivity contribution in [2.75, 3.05) is 16.3 Å². The lowest BCUT2D eigenvalue weighted by atomic mass is 10.1. The van der Waals surface area contributed by atoms with E-state index in [2.05, 4.69) is 15.0 Å². The molecule has 0 atom stereocenters. The molecule has 0 radical (unpaired) electrons. The van der Waals surface area contributed by atoms with Crippen LogP contribution in [0.2, 0.25) is 0 Å². The van der Waals surface area contributed by atoms with Crippen LogP contribution in [0.3, 0.4) is 0 Å². The lowest BCUT2D eigenvalue weighted by molar-refractivity contribution is 0.102. The number of sulfonamides is 1. The number of benzene rings is 3. The van der Waals surface area contributed by atoms with Gasteiger partial charge in [-0.2, -0.15) is 0 Å². The van der Waals surface area contributed by atoms with Gasteiger partial charge in [-0.25, -0.2) is 13.4 Å². The highest BCUT2D eigenvalue weighted by molar-refractivity contribution is 8.00. The molecule has 4 rings (SSSR count). The van der Waals surface area contributed by atoms with Crippen LogP contribution in [-0.4, -0.2) is 25.6 Å². The molecule has 0 aliphatic rings. The molecule has 0 fully saturated rings. The zero-order chi connectivity index (χ0) is 22.0. The average molecular weight is 470 g/mol. The van der Waals surface area contributed by atoms with Crippen LogP contribution < -0.4 is 10.0 Å². The molecule has 1 aromatic heterocycles. The van der Waals surface area contributed by atoms with Crippen molar-refractivity contribution < 1.29 is 13.2 Å². The predicted molar refractivity (Wildman–Crippen MR) is 128 cm³/mol. The number of rotatable bonds is 6. The summed E-state index contributed by atoms with van der Waals surface area (Å²) >= 11 is 3.12. The molecule has 0 bridgehead atoms. The van der Waals surface area contributed by atoms with E-state index in [4.69, 9.17) is 0 Å². The third kappa shape index (κ3) is 4.73. The van der Waals surface area contributed by atoms with Gasteiger partial charge >= 0.3 is 0 Å². The van der Waals surface area contributed by atoms with Gasteiger partial charge in [0.25, 0.3) is 15.9 Å². The summed E-state index contributed by atoms with van der Waals surface area (Å²) in [5.41, 5.74) is 2.89. The lowest BCUT2D eigenvalue weighted by Crippen LogP contribution is -2.18. The van der Waals surface area contributed by atoms with Crippen LogP contribution in [0.4, 0.5) is 11.4 Å². The molecular formula is C22H19N3O3S3. The van der Waals surface area contributed by atoms with Crippen molar-refractivity contribution in [2.45, 2.75) is 16.2 Å². The maximum Gasteiger partial charge on any atom is 0.261 e. The van der Waals surface area contributed by atoms with Crippen LogP contribution in [0.15, 0.2) is 76.0 Å². The Morgan fingerprint density at radius 2 is 1.77 bits per heavy atom. The number of anilines is 2. The molecule has 0 spiro atoms. The smallest absolute Gasteiger partial charge is 0.261 e. The van der Waals surface area contributed by atoms with Crippen LogP contribution in [-0.2, 0) is 10.0 Å². The number of aryl methyl sites for hydroxylation is 1. The van der Waals surface area contributed by atoms with Gasteiger partial charge in [-0.1, -0.05) is 41.6 Å². The van der Waals surface area contributed by atoms with Crippen LogP contribution in [0.5, 0.6) is 0 Å². The van der Waals surface area contributed by atoms with Crippen LogP contribution in [0, 0.1) is 6.92 Å². The second kappa shape index (κ2) is 8.70. The molecule has 0 aliphatic carbocycles. The maximum absolute atomic E-state index is 12.9. The van der Waals surface area contributed by atoms with E-state index in [1.54, 1.807) is 65.6 Å². The summed E-state index contributed by atoms with van der Waals surface area (Å²) in [5, 5.41) is 2.85. The number of nitrogens with zero attached hydrogens (tertiary/aromatic N) is 1. The van der Waals surface area contributed by atoms with E-state index in [-0.39, 0.29) is 16.1 Å². The molecule has 0 unspecified atom stereocenters. The standard InChI is InChI=1S/C22H19N3O3S3/c1-14-7-10-16(11-8-14)31(27,28)25-18-6-4-3-5-17(18)21(26)23-15-9-12-19-20(13-15)30-22(24-19)29-2/h3-13,25H,1-2H3,(H,23,26). The number of carbonyl (C=O) groups is 1. The molecule has 4 aromatic rings. The molecule has 9 heteroatoms. The van der Waals surface area contributed by atoms with Crippen LogP contribution >= 0.6 is 23.1 Å². The van der Waals surface area contributed by atoms with Gasteiger partial charge < -0.3 is 5.32 Å². The number of hydrogen-bond donors (Lipinski definition) is 2. The number of fused-ring (bicyclic) bond motifs is 1. The Balaban J connectivity index is 1.59. The highest BCUT2D eigenvalue weighted by Crippen LogP contribution is 2.30. The van der Waals surface area contributed by atoms with E-state index in [1.807, 2.05) is 25.3 Å². The summed E-state index contributed by atoms with van der Waals surface area (Å²) in [6, 6.07) is 18.5. The Labute approximate surface area is 188 Å². The summed E-state index contributed by atoms with van der Waals surface area (Å²) in [4.78, 5) is 17.6. The first-order chi connectivity index (χ1) is 14.9. The number of thiazole rings is 1. The molecule has 2 N–H and O–H groups in total. The van der Waals surface area contributed by atoms with Gasteiger partial charge in [0.1, 0.15) is 0 Å². The normalized spacial score (nSPS) is 11.4. The van der Waals surface area contributed by atoms with Gasteiger partial charge in [0, 0.05) is 5.69 Å². The monoisotopic (exact) mass is 469 g/mol. The molecule has 1 heterocycles. The third-order valence-electron chi connectivity index (χ3n) is 4.55. The lowest BCUT2D eigenvalue weighted by Gasteiger charge is -2.13. The Hall–Kier alpha value is -2.88. The van der Waals surface area contributed by atoms with Gasteiger partial charge in [-0.3, -0.25) is 9.52 Å². The van der Waals surface area contributed by atoms with Crippen LogP contribution in [0.25, 0.3) is 10.2 Å². The number of para-hydroxylation sites is 1. The predicted octanol–water partition coefficient (Wildman–Crippen LogP) is 5.38. The fourth-order valence-electron chi connectivity index (χ4n) is 2.96. The van der Waals surface area contributed by atoms with E-state index in [9.17, 15) is 13.2 Å². The highest BCUT2D eigenvalue weighted by Gasteiger charge is 2.19. The Morgan fingerprint density at radius 1 is 1.03 bits per heavy atom. The van der Waals surface area contributed by atoms with Gasteiger partial charge in [0.05, 0.1) is 26.4 Å². The van der Waals surface area contributed by atoms with Gasteiger partial charge in [-0.15, -0.1) is 11.3 Å². The highest BCUT2D eigenvalue weighted by atomic mass is 32.2. The molecular weight excluding hydrogens is 450 g/mol. The number of hydrogen-bond acceptors (Lipinski definition) is 6. The molecule has 1 amide bonds. The SMILES string of the molecule is CSc1nc2ccc(NC(=O)c3ccccc3NS(=O)(=O)c3ccc(C)cc3)cc2s1. The summed E-state index contributed by atoms with van der Waals surface area (Å²) in [6.07, 6.45) is 1.97. The summed E-state index contributed by atoms with van der Waals surface area (Å²) < 4.78 is 30.0. The molecule has 0 aliphatic heterocycles. The molecule has 0 saturated heterocycles. The molecule has 3 aromatic carbocycles. The van der Waals surface area contributed by atoms with Crippen molar-refractivity contribution >= 4 is 60.6 Å². The minimum absolute atomic E-state index is 0.133. The van der Waals surface area contributed by atoms with E-state index < -0.39 is 15.9 Å². The number of aromatic nitrogens is 1. The van der Waals surface area contributed by atoms with Gasteiger partial charge in [-0.05, 0) is 55.6 Å². The first-order valence-electron chi connectivity index (χ1n) is 9.30. The fourth-order valence-corrected chi connectivity index (χ4v) is 5.57. The van der Waals surface area contributed by atoms with E-state index in [0.29, 0.717) is 5.69 Å². The first kappa shape index (κ1) is 21.4. The van der Waals surface area contributed by atoms with Crippen molar-refractivity contribution in [1.29, 1.82) is 0 Å². The minimum Gasteiger partial charge on any atom is -0.322 e. The molecule has 6 nitrogen and oxygen atoms in total. The number of amides is 1. The fraction of sp³-hybridized carbons (Fsp3) is 0.0909. The van der Waals surface area contributed by atoms with E-state index in [0.717, 1.165) is 20.1 Å².